The van der Waals surface area contributed by atoms with Crippen LogP contribution in [-0.4, -0.2) is 41.8 Å². The summed E-state index contributed by atoms with van der Waals surface area (Å²) in [6, 6.07) is 15.1. The number of hydrogen-bond donors (Lipinski definition) is 3. The van der Waals surface area contributed by atoms with Crippen molar-refractivity contribution in [3.8, 4) is 11.1 Å². The Morgan fingerprint density at radius 1 is 0.971 bits per heavy atom. The van der Waals surface area contributed by atoms with E-state index in [0.29, 0.717) is 25.2 Å². The lowest BCUT2D eigenvalue weighted by atomic mass is 9.98. The molecule has 186 valence electrons. The van der Waals surface area contributed by atoms with Crippen molar-refractivity contribution in [2.24, 2.45) is 11.8 Å². The molecule has 3 atom stereocenters. The number of amides is 2. The van der Waals surface area contributed by atoms with Gasteiger partial charge in [-0.05, 0) is 53.9 Å². The van der Waals surface area contributed by atoms with Gasteiger partial charge in [0.05, 0.1) is 5.92 Å². The number of aliphatic carboxylic acids is 1. The SMILES string of the molecule is CC(C)CCC(NC(=O)OCC1c2ccccc2-c2ccccc21)C(=O)N[C@@H]1CCC[C@@H]1C(=O)O. The number of carbonyl (C=O) groups excluding carboxylic acids is 2. The van der Waals surface area contributed by atoms with Gasteiger partial charge < -0.3 is 20.5 Å². The number of carboxylic acid groups (broad SMARTS) is 1. The Balaban J connectivity index is 1.40. The third kappa shape index (κ3) is 5.66. The number of carboxylic acids is 1. The fourth-order valence-corrected chi connectivity index (χ4v) is 5.26. The largest absolute Gasteiger partial charge is 0.481 e. The Hall–Kier alpha value is -3.35. The summed E-state index contributed by atoms with van der Waals surface area (Å²) in [5.74, 6) is -1.54. The average Bonchev–Trinajstić information content (AvgIpc) is 3.43. The molecule has 1 fully saturated rings. The van der Waals surface area contributed by atoms with E-state index in [2.05, 4.69) is 48.7 Å². The average molecular weight is 479 g/mol. The third-order valence-corrected chi connectivity index (χ3v) is 7.15. The standard InChI is InChI=1S/C28H34N2O5/c1-17(2)14-15-25(26(31)29-24-13-7-12-22(24)27(32)33)30-28(34)35-16-23-20-10-5-3-8-18(20)19-9-4-6-11-21(19)23/h3-6,8-11,17,22-25H,7,12-16H2,1-2H3,(H,29,31)(H,30,34)(H,32,33)/t22-,24+,25?/m0/s1. The van der Waals surface area contributed by atoms with E-state index in [1.807, 2.05) is 24.3 Å². The molecule has 0 aromatic heterocycles. The number of fused-ring (bicyclic) bond motifs is 3. The van der Waals surface area contributed by atoms with Crippen molar-refractivity contribution in [1.29, 1.82) is 0 Å². The first-order chi connectivity index (χ1) is 16.8. The maximum Gasteiger partial charge on any atom is 0.407 e. The first-order valence-electron chi connectivity index (χ1n) is 12.5. The summed E-state index contributed by atoms with van der Waals surface area (Å²) in [4.78, 5) is 37.3. The van der Waals surface area contributed by atoms with Gasteiger partial charge in [-0.15, -0.1) is 0 Å². The summed E-state index contributed by atoms with van der Waals surface area (Å²) >= 11 is 0. The van der Waals surface area contributed by atoms with Crippen molar-refractivity contribution in [2.75, 3.05) is 6.61 Å². The molecule has 35 heavy (non-hydrogen) atoms. The quantitative estimate of drug-likeness (QED) is 0.485. The van der Waals surface area contributed by atoms with Crippen molar-refractivity contribution in [1.82, 2.24) is 10.6 Å². The molecule has 3 N–H and O–H groups in total. The Morgan fingerprint density at radius 2 is 1.60 bits per heavy atom. The molecule has 4 rings (SSSR count). The predicted octanol–water partition coefficient (Wildman–Crippen LogP) is 4.70. The van der Waals surface area contributed by atoms with Gasteiger partial charge in [0.15, 0.2) is 0 Å². The van der Waals surface area contributed by atoms with Gasteiger partial charge in [0, 0.05) is 12.0 Å². The van der Waals surface area contributed by atoms with E-state index in [1.165, 1.54) is 0 Å². The molecule has 0 saturated heterocycles. The van der Waals surface area contributed by atoms with Crippen molar-refractivity contribution >= 4 is 18.0 Å². The molecular weight excluding hydrogens is 444 g/mol. The zero-order valence-corrected chi connectivity index (χ0v) is 20.3. The molecule has 2 aliphatic rings. The highest BCUT2D eigenvalue weighted by Gasteiger charge is 2.36. The van der Waals surface area contributed by atoms with Crippen molar-refractivity contribution in [2.45, 2.75) is 64.0 Å². The summed E-state index contributed by atoms with van der Waals surface area (Å²) in [6.07, 6.45) is 2.50. The maximum atomic E-state index is 13.0. The highest BCUT2D eigenvalue weighted by atomic mass is 16.5. The fraction of sp³-hybridized carbons (Fsp3) is 0.464. The smallest absolute Gasteiger partial charge is 0.407 e. The molecule has 2 amide bonds. The second kappa shape index (κ2) is 10.9. The molecule has 7 nitrogen and oxygen atoms in total. The molecule has 0 aliphatic heterocycles. The molecule has 2 aromatic rings. The molecule has 0 bridgehead atoms. The number of ether oxygens (including phenoxy) is 1. The van der Waals surface area contributed by atoms with Gasteiger partial charge in [-0.1, -0.05) is 68.8 Å². The summed E-state index contributed by atoms with van der Waals surface area (Å²) in [5.41, 5.74) is 4.54. The minimum atomic E-state index is -0.893. The van der Waals surface area contributed by atoms with E-state index in [1.54, 1.807) is 0 Å². The number of benzene rings is 2. The summed E-state index contributed by atoms with van der Waals surface area (Å²) < 4.78 is 5.63. The lowest BCUT2D eigenvalue weighted by molar-refractivity contribution is -0.142. The molecule has 2 aliphatic carbocycles. The van der Waals surface area contributed by atoms with Crippen LogP contribution in [0.25, 0.3) is 11.1 Å². The first kappa shape index (κ1) is 24.8. The third-order valence-electron chi connectivity index (χ3n) is 7.15. The second-order valence-corrected chi connectivity index (χ2v) is 9.98. The van der Waals surface area contributed by atoms with Crippen LogP contribution in [0, 0.1) is 11.8 Å². The van der Waals surface area contributed by atoms with E-state index < -0.39 is 30.1 Å². The van der Waals surface area contributed by atoms with E-state index in [4.69, 9.17) is 4.74 Å². The molecule has 0 heterocycles. The molecular formula is C28H34N2O5. The second-order valence-electron chi connectivity index (χ2n) is 9.98. The molecule has 0 radical (unpaired) electrons. The van der Waals surface area contributed by atoms with Crippen LogP contribution >= 0.6 is 0 Å². The van der Waals surface area contributed by atoms with Gasteiger partial charge in [-0.2, -0.15) is 0 Å². The van der Waals surface area contributed by atoms with Crippen LogP contribution in [0.4, 0.5) is 4.79 Å². The van der Waals surface area contributed by atoms with Crippen LogP contribution in [-0.2, 0) is 14.3 Å². The molecule has 7 heteroatoms. The van der Waals surface area contributed by atoms with Gasteiger partial charge in [0.2, 0.25) is 5.91 Å². The zero-order chi connectivity index (χ0) is 24.9. The Bertz CT molecular complexity index is 1040. The monoisotopic (exact) mass is 478 g/mol. The Labute approximate surface area is 206 Å². The summed E-state index contributed by atoms with van der Waals surface area (Å²) in [7, 11) is 0. The van der Waals surface area contributed by atoms with Crippen LogP contribution in [0.5, 0.6) is 0 Å². The van der Waals surface area contributed by atoms with Crippen LogP contribution in [0.15, 0.2) is 48.5 Å². The lowest BCUT2D eigenvalue weighted by Gasteiger charge is -2.24. The maximum absolute atomic E-state index is 13.0. The summed E-state index contributed by atoms with van der Waals surface area (Å²) in [5, 5.41) is 15.0. The topological polar surface area (TPSA) is 105 Å². The molecule has 0 spiro atoms. The lowest BCUT2D eigenvalue weighted by Crippen LogP contribution is -2.51. The first-order valence-corrected chi connectivity index (χ1v) is 12.5. The van der Waals surface area contributed by atoms with Crippen LogP contribution in [0.2, 0.25) is 0 Å². The molecule has 1 unspecified atom stereocenters. The van der Waals surface area contributed by atoms with Gasteiger partial charge >= 0.3 is 12.1 Å². The van der Waals surface area contributed by atoms with E-state index in [0.717, 1.165) is 35.1 Å². The molecule has 2 aromatic carbocycles. The van der Waals surface area contributed by atoms with Gasteiger partial charge in [-0.3, -0.25) is 9.59 Å². The number of rotatable bonds is 9. The van der Waals surface area contributed by atoms with E-state index in [9.17, 15) is 19.5 Å². The van der Waals surface area contributed by atoms with Gasteiger partial charge in [0.25, 0.3) is 0 Å². The van der Waals surface area contributed by atoms with Crippen LogP contribution < -0.4 is 10.6 Å². The number of carbonyl (C=O) groups is 3. The van der Waals surface area contributed by atoms with Crippen LogP contribution in [0.3, 0.4) is 0 Å². The van der Waals surface area contributed by atoms with Gasteiger partial charge in [0.1, 0.15) is 12.6 Å². The number of alkyl carbamates (subject to hydrolysis) is 1. The number of hydrogen-bond acceptors (Lipinski definition) is 4. The molecule has 1 saturated carbocycles. The van der Waals surface area contributed by atoms with Crippen molar-refractivity contribution < 1.29 is 24.2 Å². The Morgan fingerprint density at radius 3 is 2.20 bits per heavy atom. The highest BCUT2D eigenvalue weighted by Crippen LogP contribution is 2.44. The van der Waals surface area contributed by atoms with Crippen molar-refractivity contribution in [3.05, 3.63) is 59.7 Å². The summed E-state index contributed by atoms with van der Waals surface area (Å²) in [6.45, 7) is 4.28. The minimum Gasteiger partial charge on any atom is -0.481 e. The Kier molecular flexibility index (Phi) is 7.73. The van der Waals surface area contributed by atoms with E-state index in [-0.39, 0.29) is 18.4 Å². The van der Waals surface area contributed by atoms with Crippen molar-refractivity contribution in [3.63, 3.8) is 0 Å². The van der Waals surface area contributed by atoms with E-state index >= 15 is 0 Å². The fourth-order valence-electron chi connectivity index (χ4n) is 5.26. The van der Waals surface area contributed by atoms with Gasteiger partial charge in [-0.25, -0.2) is 4.79 Å². The van der Waals surface area contributed by atoms with Crippen LogP contribution in [0.1, 0.15) is 63.0 Å². The zero-order valence-electron chi connectivity index (χ0n) is 20.3. The normalized spacial score (nSPS) is 19.6. The highest BCUT2D eigenvalue weighted by molar-refractivity contribution is 5.86. The minimum absolute atomic E-state index is 0.0640. The predicted molar refractivity (Wildman–Crippen MR) is 133 cm³/mol. The number of nitrogens with one attached hydrogen (secondary N) is 2.